The fraction of sp³-hybridized carbons (Fsp3) is 0.200. The highest BCUT2D eigenvalue weighted by molar-refractivity contribution is 6.48. The number of rotatable bonds is 3. The summed E-state index contributed by atoms with van der Waals surface area (Å²) < 4.78 is 0. The summed E-state index contributed by atoms with van der Waals surface area (Å²) in [7, 11) is 0. The third-order valence-corrected chi connectivity index (χ3v) is 2.98. The monoisotopic (exact) mass is 234 g/mol. The summed E-state index contributed by atoms with van der Waals surface area (Å²) in [6, 6.07) is 7.63. The minimum atomic E-state index is -0.609. The van der Waals surface area contributed by atoms with Crippen molar-refractivity contribution in [3.63, 3.8) is 0 Å². The van der Waals surface area contributed by atoms with Gasteiger partial charge < -0.3 is 0 Å². The molecule has 70 valence electrons. The maximum atomic E-state index is 6.01. The van der Waals surface area contributed by atoms with E-state index in [2.05, 4.69) is 6.58 Å². The summed E-state index contributed by atoms with van der Waals surface area (Å²) in [5, 5.41) is -0.391. The van der Waals surface area contributed by atoms with Crippen LogP contribution in [0.4, 0.5) is 0 Å². The number of halogens is 3. The zero-order chi connectivity index (χ0) is 9.84. The molecule has 1 aromatic carbocycles. The smallest absolute Gasteiger partial charge is 0.115 e. The molecule has 3 heteroatoms. The molecule has 1 aromatic rings. The molecule has 1 atom stereocenters. The fourth-order valence-corrected chi connectivity index (χ4v) is 1.55. The highest BCUT2D eigenvalue weighted by Gasteiger charge is 2.17. The van der Waals surface area contributed by atoms with Gasteiger partial charge in [-0.25, -0.2) is 0 Å². The SMILES string of the molecule is C=Cc1ccccc1C(Cl)C(Cl)Cl. The summed E-state index contributed by atoms with van der Waals surface area (Å²) in [5.74, 6) is 0. The normalized spacial score (nSPS) is 12.9. The maximum Gasteiger partial charge on any atom is 0.128 e. The molecule has 13 heavy (non-hydrogen) atoms. The molecule has 0 saturated heterocycles. The van der Waals surface area contributed by atoms with E-state index in [9.17, 15) is 0 Å². The second kappa shape index (κ2) is 4.90. The van der Waals surface area contributed by atoms with E-state index in [1.54, 1.807) is 6.08 Å². The number of hydrogen-bond acceptors (Lipinski definition) is 0. The maximum absolute atomic E-state index is 6.01. The molecular formula is C10H9Cl3. The molecule has 0 radical (unpaired) electrons. The average Bonchev–Trinajstić information content (AvgIpc) is 2.16. The molecule has 1 unspecified atom stereocenters. The van der Waals surface area contributed by atoms with E-state index in [1.807, 2.05) is 24.3 Å². The van der Waals surface area contributed by atoms with E-state index in [-0.39, 0.29) is 0 Å². The first-order valence-electron chi connectivity index (χ1n) is 3.80. The standard InChI is InChI=1S/C10H9Cl3/c1-2-7-5-3-4-6-8(7)9(11)10(12)13/h2-6,9-10H,1H2. The number of alkyl halides is 3. The molecule has 0 aliphatic carbocycles. The first-order chi connectivity index (χ1) is 6.16. The molecular weight excluding hydrogens is 226 g/mol. The Morgan fingerprint density at radius 2 is 1.77 bits per heavy atom. The lowest BCUT2D eigenvalue weighted by molar-refractivity contribution is 1.03. The van der Waals surface area contributed by atoms with Crippen LogP contribution >= 0.6 is 34.8 Å². The first-order valence-corrected chi connectivity index (χ1v) is 5.11. The molecule has 0 amide bonds. The van der Waals surface area contributed by atoms with Gasteiger partial charge in [0.05, 0.1) is 5.38 Å². The van der Waals surface area contributed by atoms with Gasteiger partial charge >= 0.3 is 0 Å². The van der Waals surface area contributed by atoms with E-state index >= 15 is 0 Å². The molecule has 0 bridgehead atoms. The van der Waals surface area contributed by atoms with Crippen LogP contribution in [0.5, 0.6) is 0 Å². The van der Waals surface area contributed by atoms with Crippen LogP contribution in [0.15, 0.2) is 30.8 Å². The van der Waals surface area contributed by atoms with Gasteiger partial charge in [-0.2, -0.15) is 0 Å². The predicted molar refractivity (Wildman–Crippen MR) is 60.6 cm³/mol. The van der Waals surface area contributed by atoms with Gasteiger partial charge in [0.25, 0.3) is 0 Å². The zero-order valence-corrected chi connectivity index (χ0v) is 9.15. The van der Waals surface area contributed by atoms with E-state index in [4.69, 9.17) is 34.8 Å². The topological polar surface area (TPSA) is 0 Å². The Hall–Kier alpha value is -0.170. The quantitative estimate of drug-likeness (QED) is 0.681. The van der Waals surface area contributed by atoms with Gasteiger partial charge in [0.15, 0.2) is 0 Å². The van der Waals surface area contributed by atoms with Crippen LogP contribution in [-0.2, 0) is 0 Å². The Kier molecular flexibility index (Phi) is 4.11. The Bertz CT molecular complexity index is 294. The average molecular weight is 236 g/mol. The van der Waals surface area contributed by atoms with Gasteiger partial charge in [-0.1, -0.05) is 36.9 Å². The Morgan fingerprint density at radius 1 is 1.15 bits per heavy atom. The van der Waals surface area contributed by atoms with E-state index in [0.29, 0.717) is 0 Å². The molecule has 0 aliphatic rings. The largest absolute Gasteiger partial charge is 0.128 e. The van der Waals surface area contributed by atoms with Crippen molar-refractivity contribution in [2.75, 3.05) is 0 Å². The highest BCUT2D eigenvalue weighted by atomic mass is 35.5. The molecule has 0 spiro atoms. The van der Waals surface area contributed by atoms with Crippen molar-refractivity contribution in [2.24, 2.45) is 0 Å². The Morgan fingerprint density at radius 3 is 2.31 bits per heavy atom. The lowest BCUT2D eigenvalue weighted by Gasteiger charge is -2.12. The van der Waals surface area contributed by atoms with Gasteiger partial charge in [0.2, 0.25) is 0 Å². The van der Waals surface area contributed by atoms with Gasteiger partial charge in [-0.15, -0.1) is 34.8 Å². The van der Waals surface area contributed by atoms with E-state index in [1.165, 1.54) is 0 Å². The number of benzene rings is 1. The lowest BCUT2D eigenvalue weighted by Crippen LogP contribution is -2.01. The lowest BCUT2D eigenvalue weighted by atomic mass is 10.1. The molecule has 0 N–H and O–H groups in total. The van der Waals surface area contributed by atoms with Crippen molar-refractivity contribution in [1.29, 1.82) is 0 Å². The van der Waals surface area contributed by atoms with Crippen molar-refractivity contribution >= 4 is 40.9 Å². The minimum Gasteiger partial charge on any atom is -0.115 e. The van der Waals surface area contributed by atoms with Crippen molar-refractivity contribution in [3.05, 3.63) is 42.0 Å². The van der Waals surface area contributed by atoms with E-state index in [0.717, 1.165) is 11.1 Å². The van der Waals surface area contributed by atoms with Gasteiger partial charge in [-0.3, -0.25) is 0 Å². The molecule has 0 nitrogen and oxygen atoms in total. The van der Waals surface area contributed by atoms with Crippen LogP contribution in [-0.4, -0.2) is 4.84 Å². The molecule has 0 heterocycles. The third kappa shape index (κ3) is 2.63. The van der Waals surface area contributed by atoms with Crippen LogP contribution < -0.4 is 0 Å². The molecule has 0 aliphatic heterocycles. The minimum absolute atomic E-state index is 0.391. The van der Waals surface area contributed by atoms with Crippen LogP contribution in [0, 0.1) is 0 Å². The van der Waals surface area contributed by atoms with Crippen molar-refractivity contribution in [3.8, 4) is 0 Å². The highest BCUT2D eigenvalue weighted by Crippen LogP contribution is 2.32. The van der Waals surface area contributed by atoms with Crippen LogP contribution in [0.25, 0.3) is 6.08 Å². The van der Waals surface area contributed by atoms with Crippen LogP contribution in [0.3, 0.4) is 0 Å². The zero-order valence-electron chi connectivity index (χ0n) is 6.88. The van der Waals surface area contributed by atoms with Gasteiger partial charge in [-0.05, 0) is 11.1 Å². The van der Waals surface area contributed by atoms with Gasteiger partial charge in [0.1, 0.15) is 4.84 Å². The second-order valence-electron chi connectivity index (χ2n) is 2.57. The van der Waals surface area contributed by atoms with E-state index < -0.39 is 10.2 Å². The summed E-state index contributed by atoms with van der Waals surface area (Å²) in [6.07, 6.45) is 1.74. The van der Waals surface area contributed by atoms with Crippen LogP contribution in [0.1, 0.15) is 16.5 Å². The molecule has 0 aromatic heterocycles. The van der Waals surface area contributed by atoms with Crippen molar-refractivity contribution in [2.45, 2.75) is 10.2 Å². The fourth-order valence-electron chi connectivity index (χ4n) is 1.08. The van der Waals surface area contributed by atoms with Crippen LogP contribution in [0.2, 0.25) is 0 Å². The first kappa shape index (κ1) is 10.9. The summed E-state index contributed by atoms with van der Waals surface area (Å²) in [4.78, 5) is -0.609. The second-order valence-corrected chi connectivity index (χ2v) is 4.20. The van der Waals surface area contributed by atoms with Crippen molar-refractivity contribution in [1.82, 2.24) is 0 Å². The predicted octanol–water partition coefficient (Wildman–Crippen LogP) is 4.41. The number of hydrogen-bond donors (Lipinski definition) is 0. The molecule has 0 saturated carbocycles. The Balaban J connectivity index is 3.05. The summed E-state index contributed by atoms with van der Waals surface area (Å²) >= 11 is 17.4. The Labute approximate surface area is 93.1 Å². The molecule has 0 fully saturated rings. The van der Waals surface area contributed by atoms with Gasteiger partial charge in [0, 0.05) is 0 Å². The molecule has 1 rings (SSSR count). The summed E-state index contributed by atoms with van der Waals surface area (Å²) in [6.45, 7) is 3.69. The summed E-state index contributed by atoms with van der Waals surface area (Å²) in [5.41, 5.74) is 1.88. The van der Waals surface area contributed by atoms with Crippen molar-refractivity contribution < 1.29 is 0 Å². The third-order valence-electron chi connectivity index (χ3n) is 1.73.